The van der Waals surface area contributed by atoms with E-state index in [4.69, 9.17) is 22.1 Å². The number of nitrogens with one attached hydrogen (secondary N) is 1. The van der Waals surface area contributed by atoms with E-state index in [2.05, 4.69) is 30.1 Å². The highest BCUT2D eigenvalue weighted by molar-refractivity contribution is 6.31. The van der Waals surface area contributed by atoms with Crippen molar-refractivity contribution in [2.75, 3.05) is 5.32 Å². The van der Waals surface area contributed by atoms with Gasteiger partial charge in [-0.2, -0.15) is 0 Å². The summed E-state index contributed by atoms with van der Waals surface area (Å²) in [5.41, 5.74) is 12.1. The lowest BCUT2D eigenvalue weighted by atomic mass is 9.83. The summed E-state index contributed by atoms with van der Waals surface area (Å²) >= 11 is 6.43. The number of amides is 1. The number of nitrogens with two attached hydrogens (primary N) is 1. The van der Waals surface area contributed by atoms with Gasteiger partial charge < -0.3 is 10.5 Å². The van der Waals surface area contributed by atoms with E-state index >= 15 is 0 Å². The predicted molar refractivity (Wildman–Crippen MR) is 130 cm³/mol. The minimum absolute atomic E-state index is 0.210. The van der Waals surface area contributed by atoms with E-state index in [1.807, 2.05) is 48.5 Å². The van der Waals surface area contributed by atoms with Crippen LogP contribution >= 0.6 is 11.6 Å². The Bertz CT molecular complexity index is 1110. The van der Waals surface area contributed by atoms with Crippen LogP contribution in [-0.2, 0) is 17.9 Å². The van der Waals surface area contributed by atoms with Crippen LogP contribution in [0.3, 0.4) is 0 Å². The third-order valence-electron chi connectivity index (χ3n) is 5.93. The Morgan fingerprint density at radius 3 is 2.44 bits per heavy atom. The fourth-order valence-electron chi connectivity index (χ4n) is 4.42. The minimum Gasteiger partial charge on any atom is -0.444 e. The third kappa shape index (κ3) is 5.39. The molecule has 0 radical (unpaired) electrons. The summed E-state index contributed by atoms with van der Waals surface area (Å²) in [6.07, 6.45) is 1.30. The topological polar surface area (TPSA) is 64.3 Å². The van der Waals surface area contributed by atoms with Gasteiger partial charge >= 0.3 is 6.09 Å². The van der Waals surface area contributed by atoms with Gasteiger partial charge in [-0.15, -0.1) is 0 Å². The van der Waals surface area contributed by atoms with Crippen LogP contribution in [0, 0.1) is 0 Å². The largest absolute Gasteiger partial charge is 0.444 e. The van der Waals surface area contributed by atoms with Gasteiger partial charge in [-0.05, 0) is 65.1 Å². The van der Waals surface area contributed by atoms with Crippen LogP contribution < -0.4 is 11.1 Å². The Balaban J connectivity index is 1.51. The summed E-state index contributed by atoms with van der Waals surface area (Å²) in [5.74, 6) is 0.528. The standard InChI is InChI=1S/C27H27ClN2O2/c1-18-10-25(21-9-5-8-20(12-21)16-29)26(11-18)22-13-23(28)15-24(14-22)30-27(31)32-17-19-6-3-2-4-7-19/h2-9,12-15,25-26H,1,10-11,16-17,29H2,(H,30,31)/t25-,26-/m1/s1. The number of hydrogen-bond donors (Lipinski definition) is 2. The molecule has 1 fully saturated rings. The molecule has 4 nitrogen and oxygen atoms in total. The number of ether oxygens (including phenoxy) is 1. The van der Waals surface area contributed by atoms with Gasteiger partial charge in [-0.3, -0.25) is 5.32 Å². The lowest BCUT2D eigenvalue weighted by Crippen LogP contribution is -2.14. The van der Waals surface area contributed by atoms with Crippen molar-refractivity contribution >= 4 is 23.4 Å². The molecule has 4 rings (SSSR count). The maximum absolute atomic E-state index is 12.3. The zero-order valence-electron chi connectivity index (χ0n) is 17.9. The van der Waals surface area contributed by atoms with Gasteiger partial charge in [0.2, 0.25) is 0 Å². The summed E-state index contributed by atoms with van der Waals surface area (Å²) in [4.78, 5) is 12.3. The van der Waals surface area contributed by atoms with E-state index in [-0.39, 0.29) is 12.5 Å². The van der Waals surface area contributed by atoms with Crippen LogP contribution in [0.15, 0.2) is 84.9 Å². The van der Waals surface area contributed by atoms with E-state index in [1.165, 1.54) is 11.1 Å². The number of allylic oxidation sites excluding steroid dienone is 1. The van der Waals surface area contributed by atoms with Crippen LogP contribution in [0.25, 0.3) is 0 Å². The molecule has 3 aromatic carbocycles. The number of carbonyl (C=O) groups is 1. The zero-order valence-corrected chi connectivity index (χ0v) is 18.6. The first-order valence-electron chi connectivity index (χ1n) is 10.8. The van der Waals surface area contributed by atoms with Gasteiger partial charge in [0, 0.05) is 17.3 Å². The maximum atomic E-state index is 12.3. The molecule has 1 amide bonds. The van der Waals surface area contributed by atoms with Crippen molar-refractivity contribution in [1.82, 2.24) is 0 Å². The summed E-state index contributed by atoms with van der Waals surface area (Å²) < 4.78 is 5.35. The number of anilines is 1. The highest BCUT2D eigenvalue weighted by atomic mass is 35.5. The molecule has 0 heterocycles. The summed E-state index contributed by atoms with van der Waals surface area (Å²) in [5, 5.41) is 3.39. The molecule has 3 aromatic rings. The molecule has 0 bridgehead atoms. The molecule has 2 atom stereocenters. The van der Waals surface area contributed by atoms with Crippen molar-refractivity contribution < 1.29 is 9.53 Å². The Morgan fingerprint density at radius 2 is 1.69 bits per heavy atom. The number of benzene rings is 3. The lowest BCUT2D eigenvalue weighted by molar-refractivity contribution is 0.155. The van der Waals surface area contributed by atoms with Crippen LogP contribution in [-0.4, -0.2) is 6.09 Å². The fraction of sp³-hybridized carbons (Fsp3) is 0.222. The molecule has 32 heavy (non-hydrogen) atoms. The monoisotopic (exact) mass is 446 g/mol. The van der Waals surface area contributed by atoms with Gasteiger partial charge in [0.25, 0.3) is 0 Å². The molecule has 1 aliphatic carbocycles. The number of rotatable bonds is 6. The van der Waals surface area contributed by atoms with Crippen molar-refractivity contribution in [3.05, 3.63) is 112 Å². The summed E-state index contributed by atoms with van der Waals surface area (Å²) in [6, 6.07) is 23.7. The molecular formula is C27H27ClN2O2. The third-order valence-corrected chi connectivity index (χ3v) is 6.14. The molecule has 0 saturated heterocycles. The fourth-order valence-corrected chi connectivity index (χ4v) is 4.66. The summed E-state index contributed by atoms with van der Waals surface area (Å²) in [7, 11) is 0. The van der Waals surface area contributed by atoms with Crippen LogP contribution in [0.1, 0.15) is 46.9 Å². The Morgan fingerprint density at radius 1 is 0.969 bits per heavy atom. The summed E-state index contributed by atoms with van der Waals surface area (Å²) in [6.45, 7) is 4.97. The molecular weight excluding hydrogens is 420 g/mol. The van der Waals surface area contributed by atoms with E-state index in [0.717, 1.165) is 29.5 Å². The van der Waals surface area contributed by atoms with Gasteiger partial charge in [0.1, 0.15) is 6.61 Å². The number of halogens is 1. The highest BCUT2D eigenvalue weighted by Gasteiger charge is 2.32. The Labute approximate surface area is 194 Å². The van der Waals surface area contributed by atoms with Crippen LogP contribution in [0.2, 0.25) is 5.02 Å². The van der Waals surface area contributed by atoms with E-state index < -0.39 is 6.09 Å². The van der Waals surface area contributed by atoms with Gasteiger partial charge in [-0.25, -0.2) is 4.79 Å². The quantitative estimate of drug-likeness (QED) is 0.411. The number of carbonyl (C=O) groups excluding carboxylic acids is 1. The number of hydrogen-bond acceptors (Lipinski definition) is 3. The normalized spacial score (nSPS) is 17.9. The molecule has 0 aliphatic heterocycles. The first kappa shape index (κ1) is 22.1. The van der Waals surface area contributed by atoms with Crippen molar-refractivity contribution in [1.29, 1.82) is 0 Å². The second kappa shape index (κ2) is 10.0. The Kier molecular flexibility index (Phi) is 6.93. The molecule has 164 valence electrons. The second-order valence-corrected chi connectivity index (χ2v) is 8.72. The first-order chi connectivity index (χ1) is 15.5. The van der Waals surface area contributed by atoms with Crippen molar-refractivity contribution in [2.24, 2.45) is 5.73 Å². The second-order valence-electron chi connectivity index (χ2n) is 8.28. The van der Waals surface area contributed by atoms with Crippen LogP contribution in [0.4, 0.5) is 10.5 Å². The van der Waals surface area contributed by atoms with Gasteiger partial charge in [0.05, 0.1) is 0 Å². The lowest BCUT2D eigenvalue weighted by Gasteiger charge is -2.22. The van der Waals surface area contributed by atoms with E-state index in [1.54, 1.807) is 6.07 Å². The average molecular weight is 447 g/mol. The van der Waals surface area contributed by atoms with Crippen molar-refractivity contribution in [3.63, 3.8) is 0 Å². The Hall–Kier alpha value is -3.08. The highest BCUT2D eigenvalue weighted by Crippen LogP contribution is 2.49. The first-order valence-corrected chi connectivity index (χ1v) is 11.1. The molecule has 0 aromatic heterocycles. The molecule has 0 unspecified atom stereocenters. The van der Waals surface area contributed by atoms with Crippen molar-refractivity contribution in [3.8, 4) is 0 Å². The average Bonchev–Trinajstić information content (AvgIpc) is 3.20. The SMILES string of the molecule is C=C1C[C@H](c2cccc(CN)c2)[C@@H](c2cc(Cl)cc(NC(=O)OCc3ccccc3)c2)C1. The smallest absolute Gasteiger partial charge is 0.411 e. The molecule has 1 saturated carbocycles. The zero-order chi connectivity index (χ0) is 22.5. The molecule has 5 heteroatoms. The molecule has 1 aliphatic rings. The van der Waals surface area contributed by atoms with Gasteiger partial charge in [0.15, 0.2) is 0 Å². The van der Waals surface area contributed by atoms with E-state index in [0.29, 0.717) is 23.2 Å². The van der Waals surface area contributed by atoms with Crippen molar-refractivity contribution in [2.45, 2.75) is 37.8 Å². The minimum atomic E-state index is -0.509. The predicted octanol–water partition coefficient (Wildman–Crippen LogP) is 6.76. The maximum Gasteiger partial charge on any atom is 0.411 e. The molecule has 0 spiro atoms. The van der Waals surface area contributed by atoms with Gasteiger partial charge in [-0.1, -0.05) is 78.4 Å². The van der Waals surface area contributed by atoms with E-state index in [9.17, 15) is 4.79 Å². The molecule has 3 N–H and O–H groups in total. The van der Waals surface area contributed by atoms with Crippen LogP contribution in [0.5, 0.6) is 0 Å².